The summed E-state index contributed by atoms with van der Waals surface area (Å²) in [6.45, 7) is 0. The van der Waals surface area contributed by atoms with Gasteiger partial charge in [-0.1, -0.05) is 0 Å². The third-order valence-electron chi connectivity index (χ3n) is 1.48. The molecule has 0 saturated carbocycles. The van der Waals surface area contributed by atoms with Crippen LogP contribution >= 0.6 is 11.6 Å². The molecular formula is C9H8ClN3O. The largest absolute Gasteiger partial charge is 0.311 e. The number of halogens is 1. The molecule has 0 atom stereocenters. The molecule has 0 fully saturated rings. The summed E-state index contributed by atoms with van der Waals surface area (Å²) in [5.41, 5.74) is 0.459. The summed E-state index contributed by atoms with van der Waals surface area (Å²) in [6, 6.07) is 5.10. The second-order valence-electron chi connectivity index (χ2n) is 2.53. The van der Waals surface area contributed by atoms with Gasteiger partial charge < -0.3 is 5.32 Å². The summed E-state index contributed by atoms with van der Waals surface area (Å²) in [4.78, 5) is 14.9. The number of alkyl halides is 1. The van der Waals surface area contributed by atoms with Crippen molar-refractivity contribution in [3.63, 3.8) is 0 Å². The monoisotopic (exact) mass is 209 g/mol. The summed E-state index contributed by atoms with van der Waals surface area (Å²) < 4.78 is 0. The van der Waals surface area contributed by atoms with Gasteiger partial charge in [-0.2, -0.15) is 5.26 Å². The van der Waals surface area contributed by atoms with Crippen LogP contribution in [0.1, 0.15) is 12.0 Å². The SMILES string of the molecule is N#Cc1ccc(NC(=O)CCCl)nc1. The first-order valence-electron chi connectivity index (χ1n) is 3.98. The number of carbonyl (C=O) groups is 1. The van der Waals surface area contributed by atoms with Crippen LogP contribution in [0.2, 0.25) is 0 Å². The van der Waals surface area contributed by atoms with E-state index in [0.717, 1.165) is 0 Å². The normalized spacial score (nSPS) is 9.14. The average molecular weight is 210 g/mol. The average Bonchev–Trinajstić information content (AvgIpc) is 2.19. The minimum Gasteiger partial charge on any atom is -0.311 e. The van der Waals surface area contributed by atoms with Crippen LogP contribution in [0.3, 0.4) is 0 Å². The highest BCUT2D eigenvalue weighted by atomic mass is 35.5. The van der Waals surface area contributed by atoms with Crippen LogP contribution in [0.15, 0.2) is 18.3 Å². The maximum atomic E-state index is 11.1. The van der Waals surface area contributed by atoms with Gasteiger partial charge in [0, 0.05) is 18.5 Å². The van der Waals surface area contributed by atoms with Crippen molar-refractivity contribution in [2.24, 2.45) is 0 Å². The first-order chi connectivity index (χ1) is 6.76. The van der Waals surface area contributed by atoms with E-state index in [4.69, 9.17) is 16.9 Å². The molecule has 1 aromatic heterocycles. The Hall–Kier alpha value is -1.60. The highest BCUT2D eigenvalue weighted by molar-refractivity contribution is 6.19. The van der Waals surface area contributed by atoms with Crippen molar-refractivity contribution < 1.29 is 4.79 Å². The summed E-state index contributed by atoms with van der Waals surface area (Å²) in [5, 5.41) is 11.1. The van der Waals surface area contributed by atoms with Crippen molar-refractivity contribution in [3.8, 4) is 6.07 Å². The first kappa shape index (κ1) is 10.5. The third kappa shape index (κ3) is 3.04. The molecule has 0 aromatic carbocycles. The van der Waals surface area contributed by atoms with Crippen molar-refractivity contribution in [3.05, 3.63) is 23.9 Å². The van der Waals surface area contributed by atoms with Crippen LogP contribution < -0.4 is 5.32 Å². The lowest BCUT2D eigenvalue weighted by molar-refractivity contribution is -0.115. The minimum atomic E-state index is -0.183. The number of aromatic nitrogens is 1. The van der Waals surface area contributed by atoms with Gasteiger partial charge in [0.25, 0.3) is 0 Å². The molecule has 5 heteroatoms. The summed E-state index contributed by atoms with van der Waals surface area (Å²) in [6.07, 6.45) is 1.65. The lowest BCUT2D eigenvalue weighted by atomic mass is 10.3. The quantitative estimate of drug-likeness (QED) is 0.768. The van der Waals surface area contributed by atoms with Gasteiger partial charge in [0.2, 0.25) is 5.91 Å². The number of hydrogen-bond donors (Lipinski definition) is 1. The summed E-state index contributed by atoms with van der Waals surface area (Å²) >= 11 is 5.39. The highest BCUT2D eigenvalue weighted by Crippen LogP contribution is 2.04. The smallest absolute Gasteiger partial charge is 0.226 e. The summed E-state index contributed by atoms with van der Waals surface area (Å²) in [7, 11) is 0. The molecule has 0 aliphatic carbocycles. The lowest BCUT2D eigenvalue weighted by Crippen LogP contribution is -2.12. The maximum Gasteiger partial charge on any atom is 0.226 e. The Morgan fingerprint density at radius 2 is 2.43 bits per heavy atom. The number of pyridine rings is 1. The van der Waals surface area contributed by atoms with Crippen molar-refractivity contribution in [2.75, 3.05) is 11.2 Å². The molecule has 1 rings (SSSR count). The van der Waals surface area contributed by atoms with E-state index < -0.39 is 0 Å². The van der Waals surface area contributed by atoms with Gasteiger partial charge in [0.05, 0.1) is 5.56 Å². The first-order valence-corrected chi connectivity index (χ1v) is 4.51. The predicted molar refractivity (Wildman–Crippen MR) is 52.9 cm³/mol. The van der Waals surface area contributed by atoms with E-state index in [9.17, 15) is 4.79 Å². The van der Waals surface area contributed by atoms with Crippen molar-refractivity contribution in [1.29, 1.82) is 5.26 Å². The number of nitrogens with one attached hydrogen (secondary N) is 1. The van der Waals surface area contributed by atoms with E-state index in [2.05, 4.69) is 10.3 Å². The standard InChI is InChI=1S/C9H8ClN3O/c10-4-3-9(14)13-8-2-1-7(5-11)6-12-8/h1-2,6H,3-4H2,(H,12,13,14). The minimum absolute atomic E-state index is 0.183. The second-order valence-corrected chi connectivity index (χ2v) is 2.91. The molecule has 0 aliphatic rings. The molecule has 0 aliphatic heterocycles. The predicted octanol–water partition coefficient (Wildman–Crippen LogP) is 1.52. The van der Waals surface area contributed by atoms with E-state index in [1.165, 1.54) is 6.20 Å². The Balaban J connectivity index is 2.61. The van der Waals surface area contributed by atoms with Crippen LogP contribution in [0.5, 0.6) is 0 Å². The Morgan fingerprint density at radius 3 is 2.93 bits per heavy atom. The fourth-order valence-corrected chi connectivity index (χ4v) is 0.997. The molecule has 1 amide bonds. The molecule has 0 unspecified atom stereocenters. The molecule has 0 saturated heterocycles. The van der Waals surface area contributed by atoms with E-state index in [0.29, 0.717) is 11.4 Å². The van der Waals surface area contributed by atoms with Gasteiger partial charge in [-0.15, -0.1) is 11.6 Å². The third-order valence-corrected chi connectivity index (χ3v) is 1.67. The number of nitrogens with zero attached hydrogens (tertiary/aromatic N) is 2. The topological polar surface area (TPSA) is 65.8 Å². The molecule has 0 spiro atoms. The zero-order chi connectivity index (χ0) is 10.4. The molecule has 14 heavy (non-hydrogen) atoms. The van der Waals surface area contributed by atoms with E-state index in [1.54, 1.807) is 12.1 Å². The fraction of sp³-hybridized carbons (Fsp3) is 0.222. The van der Waals surface area contributed by atoms with Gasteiger partial charge in [-0.05, 0) is 12.1 Å². The molecule has 4 nitrogen and oxygen atoms in total. The van der Waals surface area contributed by atoms with Crippen LogP contribution in [-0.2, 0) is 4.79 Å². The molecule has 72 valence electrons. The van der Waals surface area contributed by atoms with E-state index in [1.807, 2.05) is 6.07 Å². The van der Waals surface area contributed by atoms with Gasteiger partial charge in [0.15, 0.2) is 0 Å². The Morgan fingerprint density at radius 1 is 1.64 bits per heavy atom. The lowest BCUT2D eigenvalue weighted by Gasteiger charge is -2.01. The Bertz CT molecular complexity index is 355. The zero-order valence-corrected chi connectivity index (χ0v) is 8.08. The molecule has 1 heterocycles. The van der Waals surface area contributed by atoms with Crippen molar-refractivity contribution in [2.45, 2.75) is 6.42 Å². The van der Waals surface area contributed by atoms with Crippen LogP contribution in [0, 0.1) is 11.3 Å². The summed E-state index contributed by atoms with van der Waals surface area (Å²) in [5.74, 6) is 0.526. The van der Waals surface area contributed by atoms with Crippen LogP contribution in [0.4, 0.5) is 5.82 Å². The molecule has 1 N–H and O–H groups in total. The van der Waals surface area contributed by atoms with Crippen molar-refractivity contribution >= 4 is 23.3 Å². The fourth-order valence-electron chi connectivity index (χ4n) is 0.825. The molecule has 1 aromatic rings. The molecule has 0 bridgehead atoms. The van der Waals surface area contributed by atoms with Gasteiger partial charge >= 0.3 is 0 Å². The van der Waals surface area contributed by atoms with E-state index >= 15 is 0 Å². The van der Waals surface area contributed by atoms with Crippen molar-refractivity contribution in [1.82, 2.24) is 4.98 Å². The zero-order valence-electron chi connectivity index (χ0n) is 7.33. The van der Waals surface area contributed by atoms with Crippen LogP contribution in [0.25, 0.3) is 0 Å². The highest BCUT2D eigenvalue weighted by Gasteiger charge is 2.01. The van der Waals surface area contributed by atoms with Gasteiger partial charge in [-0.25, -0.2) is 4.98 Å². The van der Waals surface area contributed by atoms with Gasteiger partial charge in [0.1, 0.15) is 11.9 Å². The number of hydrogen-bond acceptors (Lipinski definition) is 3. The van der Waals surface area contributed by atoms with E-state index in [-0.39, 0.29) is 18.2 Å². The number of amides is 1. The number of nitriles is 1. The molecular weight excluding hydrogens is 202 g/mol. The number of rotatable bonds is 3. The van der Waals surface area contributed by atoms with Crippen LogP contribution in [-0.4, -0.2) is 16.8 Å². The number of carbonyl (C=O) groups excluding carboxylic acids is 1. The van der Waals surface area contributed by atoms with Gasteiger partial charge in [-0.3, -0.25) is 4.79 Å². The maximum absolute atomic E-state index is 11.1. The Kier molecular flexibility index (Phi) is 3.89. The number of anilines is 1. The molecule has 0 radical (unpaired) electrons. The second kappa shape index (κ2) is 5.20. The Labute approximate surface area is 86.5 Å².